The van der Waals surface area contributed by atoms with Gasteiger partial charge in [-0.05, 0) is 90.3 Å². The number of carbonyl (C=O) groups excluding carboxylic acids is 2. The summed E-state index contributed by atoms with van der Waals surface area (Å²) in [7, 11) is -3.39. The lowest BCUT2D eigenvalue weighted by Crippen LogP contribution is -2.33. The molecular formula is C38H42N2O9S. The number of unbranched alkanes of at least 4 members (excludes halogenated alkanes) is 4. The summed E-state index contributed by atoms with van der Waals surface area (Å²) in [5.74, 6) is -1.12. The van der Waals surface area contributed by atoms with Crippen LogP contribution in [-0.4, -0.2) is 60.8 Å². The zero-order valence-corrected chi connectivity index (χ0v) is 28.9. The number of nitrogens with one attached hydrogen (secondary N) is 1. The third kappa shape index (κ3) is 11.5. The molecule has 3 N–H and O–H groups in total. The van der Waals surface area contributed by atoms with Crippen molar-refractivity contribution < 1.29 is 42.5 Å². The van der Waals surface area contributed by atoms with Crippen LogP contribution in [0.5, 0.6) is 11.5 Å². The molecule has 0 saturated carbocycles. The molecule has 0 radical (unpaired) electrons. The highest BCUT2D eigenvalue weighted by atomic mass is 32.2. The molecule has 1 unspecified atom stereocenters. The molecule has 0 aliphatic heterocycles. The fraction of sp³-hybridized carbons (Fsp3) is 0.289. The molecule has 0 heterocycles. The van der Waals surface area contributed by atoms with Gasteiger partial charge in [-0.3, -0.25) is 14.5 Å². The second-order valence-corrected chi connectivity index (χ2v) is 13.9. The van der Waals surface area contributed by atoms with Crippen LogP contribution in [0, 0.1) is 0 Å². The summed E-state index contributed by atoms with van der Waals surface area (Å²) in [5, 5.41) is 23.3. The van der Waals surface area contributed by atoms with E-state index < -0.39 is 40.5 Å². The highest BCUT2D eigenvalue weighted by Gasteiger charge is 2.21. The Labute approximate surface area is 292 Å². The lowest BCUT2D eigenvalue weighted by atomic mass is 10.1. The Hall–Kier alpha value is -5.04. The van der Waals surface area contributed by atoms with E-state index in [1.807, 2.05) is 0 Å². The predicted octanol–water partition coefficient (Wildman–Crippen LogP) is 6.49. The van der Waals surface area contributed by atoms with Crippen molar-refractivity contribution in [2.75, 3.05) is 24.7 Å². The predicted molar refractivity (Wildman–Crippen MR) is 189 cm³/mol. The first-order chi connectivity index (χ1) is 23.9. The molecule has 0 saturated heterocycles. The van der Waals surface area contributed by atoms with Crippen molar-refractivity contribution in [2.24, 2.45) is 0 Å². The van der Waals surface area contributed by atoms with Gasteiger partial charge in [0.05, 0.1) is 23.6 Å². The zero-order chi connectivity index (χ0) is 36.1. The van der Waals surface area contributed by atoms with E-state index in [1.54, 1.807) is 72.8 Å². The SMILES string of the molecule is CCCCCCCOc1ccc(C(=O)Oc2ccc(CN(CC(=O)O)C(O)c3ccc(NC(=O)c4ccc(S(C)(=O)=O)cc4)cc3)cc2)cc1. The van der Waals surface area contributed by atoms with Crippen LogP contribution >= 0.6 is 0 Å². The molecule has 12 heteroatoms. The number of hydrogen-bond donors (Lipinski definition) is 3. The summed E-state index contributed by atoms with van der Waals surface area (Å²) >= 11 is 0. The van der Waals surface area contributed by atoms with Gasteiger partial charge in [-0.15, -0.1) is 0 Å². The topological polar surface area (TPSA) is 160 Å². The number of sulfone groups is 1. The van der Waals surface area contributed by atoms with Crippen LogP contribution in [0.15, 0.2) is 102 Å². The summed E-state index contributed by atoms with van der Waals surface area (Å²) in [6.07, 6.45) is 5.52. The quantitative estimate of drug-likeness (QED) is 0.0453. The molecule has 1 amide bonds. The van der Waals surface area contributed by atoms with Crippen LogP contribution in [0.25, 0.3) is 0 Å². The normalized spacial score (nSPS) is 11.9. The number of anilines is 1. The number of hydrogen-bond acceptors (Lipinski definition) is 9. The molecule has 0 spiro atoms. The average Bonchev–Trinajstić information content (AvgIpc) is 3.10. The summed E-state index contributed by atoms with van der Waals surface area (Å²) < 4.78 is 34.6. The van der Waals surface area contributed by atoms with Crippen molar-refractivity contribution in [1.82, 2.24) is 4.90 Å². The Morgan fingerprint density at radius 1 is 0.780 bits per heavy atom. The van der Waals surface area contributed by atoms with Crippen molar-refractivity contribution in [2.45, 2.75) is 56.7 Å². The molecule has 4 rings (SSSR count). The van der Waals surface area contributed by atoms with E-state index in [0.717, 1.165) is 19.1 Å². The number of carbonyl (C=O) groups is 3. The molecule has 4 aromatic carbocycles. The minimum Gasteiger partial charge on any atom is -0.494 e. The van der Waals surface area contributed by atoms with E-state index in [4.69, 9.17) is 9.47 Å². The summed E-state index contributed by atoms with van der Waals surface area (Å²) in [6.45, 7) is 2.42. The molecule has 4 aromatic rings. The highest BCUT2D eigenvalue weighted by Crippen LogP contribution is 2.24. The van der Waals surface area contributed by atoms with Gasteiger partial charge in [0.1, 0.15) is 17.7 Å². The fourth-order valence-corrected chi connectivity index (χ4v) is 5.69. The van der Waals surface area contributed by atoms with Crippen molar-refractivity contribution in [3.63, 3.8) is 0 Å². The summed E-state index contributed by atoms with van der Waals surface area (Å²) in [6, 6.07) is 25.1. The minimum atomic E-state index is -3.39. The molecule has 11 nitrogen and oxygen atoms in total. The van der Waals surface area contributed by atoms with Gasteiger partial charge in [0.25, 0.3) is 5.91 Å². The summed E-state index contributed by atoms with van der Waals surface area (Å²) in [4.78, 5) is 38.5. The van der Waals surface area contributed by atoms with E-state index in [-0.39, 0.29) is 17.0 Å². The maximum absolute atomic E-state index is 12.7. The van der Waals surface area contributed by atoms with Gasteiger partial charge in [-0.1, -0.05) is 56.9 Å². The van der Waals surface area contributed by atoms with E-state index in [1.165, 1.54) is 48.4 Å². The average molecular weight is 703 g/mol. The number of amides is 1. The maximum Gasteiger partial charge on any atom is 0.343 e. The number of ether oxygens (including phenoxy) is 2. The molecule has 50 heavy (non-hydrogen) atoms. The van der Waals surface area contributed by atoms with Crippen LogP contribution in [0.2, 0.25) is 0 Å². The lowest BCUT2D eigenvalue weighted by molar-refractivity contribution is -0.142. The Balaban J connectivity index is 1.31. The number of esters is 1. The number of benzene rings is 4. The van der Waals surface area contributed by atoms with Gasteiger partial charge in [0.2, 0.25) is 0 Å². The summed E-state index contributed by atoms with van der Waals surface area (Å²) in [5.41, 5.74) is 2.13. The first kappa shape index (κ1) is 37.8. The van der Waals surface area contributed by atoms with Gasteiger partial charge < -0.3 is 25.0 Å². The van der Waals surface area contributed by atoms with E-state index in [0.29, 0.717) is 40.5 Å². The van der Waals surface area contributed by atoms with Crippen LogP contribution in [0.1, 0.15) is 77.1 Å². The second-order valence-electron chi connectivity index (χ2n) is 11.9. The molecule has 0 aromatic heterocycles. The monoisotopic (exact) mass is 702 g/mol. The van der Waals surface area contributed by atoms with Crippen LogP contribution in [-0.2, 0) is 21.2 Å². The van der Waals surface area contributed by atoms with E-state index in [2.05, 4.69) is 12.2 Å². The van der Waals surface area contributed by atoms with Crippen molar-refractivity contribution in [3.8, 4) is 11.5 Å². The lowest BCUT2D eigenvalue weighted by Gasteiger charge is -2.27. The van der Waals surface area contributed by atoms with Gasteiger partial charge >= 0.3 is 11.9 Å². The molecule has 0 aliphatic rings. The number of aliphatic hydroxyl groups excluding tert-OH is 1. The molecule has 0 bridgehead atoms. The number of carboxylic acid groups (broad SMARTS) is 1. The van der Waals surface area contributed by atoms with Crippen molar-refractivity contribution in [1.29, 1.82) is 0 Å². The van der Waals surface area contributed by atoms with E-state index >= 15 is 0 Å². The highest BCUT2D eigenvalue weighted by molar-refractivity contribution is 7.90. The van der Waals surface area contributed by atoms with Gasteiger partial charge in [-0.25, -0.2) is 13.2 Å². The molecule has 264 valence electrons. The Morgan fingerprint density at radius 2 is 1.38 bits per heavy atom. The zero-order valence-electron chi connectivity index (χ0n) is 28.1. The van der Waals surface area contributed by atoms with Gasteiger partial charge in [0.15, 0.2) is 9.84 Å². The number of nitrogens with zero attached hydrogens (tertiary/aromatic N) is 1. The first-order valence-corrected chi connectivity index (χ1v) is 18.2. The molecule has 1 atom stereocenters. The Bertz CT molecular complexity index is 1830. The largest absolute Gasteiger partial charge is 0.494 e. The van der Waals surface area contributed by atoms with Crippen LogP contribution in [0.4, 0.5) is 5.69 Å². The number of carboxylic acids is 1. The van der Waals surface area contributed by atoms with Gasteiger partial charge in [-0.2, -0.15) is 0 Å². The first-order valence-electron chi connectivity index (χ1n) is 16.3. The minimum absolute atomic E-state index is 0.0731. The van der Waals surface area contributed by atoms with Gasteiger partial charge in [0, 0.05) is 24.1 Å². The van der Waals surface area contributed by atoms with E-state index in [9.17, 15) is 33.0 Å². The smallest absolute Gasteiger partial charge is 0.343 e. The fourth-order valence-electron chi connectivity index (χ4n) is 5.06. The molecule has 0 aliphatic carbocycles. The molecule has 0 fully saturated rings. The second kappa shape index (κ2) is 18.1. The van der Waals surface area contributed by atoms with Crippen molar-refractivity contribution in [3.05, 3.63) is 119 Å². The van der Waals surface area contributed by atoms with Crippen LogP contribution in [0.3, 0.4) is 0 Å². The van der Waals surface area contributed by atoms with Crippen molar-refractivity contribution >= 4 is 33.4 Å². The Kier molecular flexibility index (Phi) is 13.7. The van der Waals surface area contributed by atoms with Crippen LogP contribution < -0.4 is 14.8 Å². The Morgan fingerprint density at radius 3 is 1.98 bits per heavy atom. The number of aliphatic carboxylic acids is 1. The maximum atomic E-state index is 12.7. The molecular weight excluding hydrogens is 660 g/mol. The number of rotatable bonds is 18. The third-order valence-electron chi connectivity index (χ3n) is 7.82. The number of aliphatic hydroxyl groups is 1. The standard InChI is InChI=1S/C38H42N2O9S/c1-3-4-5-6-7-24-48-32-20-12-30(13-21-32)38(45)49-33-18-8-27(9-19-33)25-40(26-35(41)42)37(44)29-10-16-31(17-11-29)39-36(43)28-14-22-34(23-15-28)50(2,46)47/h8-23,37,44H,3-7,24-26H2,1-2H3,(H,39,43)(H,41,42). The third-order valence-corrected chi connectivity index (χ3v) is 8.95.